The molecule has 1 aliphatic rings. The van der Waals surface area contributed by atoms with Gasteiger partial charge in [-0.1, -0.05) is 61.2 Å². The van der Waals surface area contributed by atoms with Gasteiger partial charge in [0, 0.05) is 6.04 Å². The number of hydrogen-bond donors (Lipinski definition) is 3. The number of urea groups is 1. The minimum absolute atomic E-state index is 0.162. The Morgan fingerprint density at radius 3 is 2.46 bits per heavy atom. The Balaban J connectivity index is 1.48. The summed E-state index contributed by atoms with van der Waals surface area (Å²) in [4.78, 5) is 24.2. The lowest BCUT2D eigenvalue weighted by molar-refractivity contribution is 0.0935. The third-order valence-electron chi connectivity index (χ3n) is 4.66. The van der Waals surface area contributed by atoms with Crippen molar-refractivity contribution in [1.82, 2.24) is 16.2 Å². The van der Waals surface area contributed by atoms with Crippen molar-refractivity contribution in [3.05, 3.63) is 64.7 Å². The molecule has 0 atom stereocenters. The summed E-state index contributed by atoms with van der Waals surface area (Å²) in [6.07, 6.45) is 5.38. The lowest BCUT2D eigenvalue weighted by Gasteiger charge is -2.22. The molecule has 0 heterocycles. The molecular weight excluding hydrogens is 378 g/mol. The van der Waals surface area contributed by atoms with Crippen LogP contribution in [0.15, 0.2) is 48.5 Å². The smallest absolute Gasteiger partial charge is 0.333 e. The monoisotopic (exact) mass is 401 g/mol. The molecule has 6 nitrogen and oxygen atoms in total. The summed E-state index contributed by atoms with van der Waals surface area (Å²) >= 11 is 6.21. The Labute approximate surface area is 169 Å². The molecule has 1 aliphatic carbocycles. The highest BCUT2D eigenvalue weighted by Crippen LogP contribution is 2.23. The van der Waals surface area contributed by atoms with Crippen LogP contribution >= 0.6 is 11.6 Å². The molecule has 2 aromatic carbocycles. The standard InChI is InChI=1S/C21H24ClN3O3/c22-19-13-17(28-14-15-7-3-1-4-8-15)11-12-18(19)20(26)24-25-21(27)23-16-9-5-2-6-10-16/h1,3-4,7-8,11-13,16H,2,5-6,9-10,14H2,(H,24,26)(H2,23,25,27). The van der Waals surface area contributed by atoms with Crippen molar-refractivity contribution in [2.75, 3.05) is 0 Å². The summed E-state index contributed by atoms with van der Waals surface area (Å²) in [7, 11) is 0. The zero-order chi connectivity index (χ0) is 19.8. The van der Waals surface area contributed by atoms with Crippen LogP contribution in [0.1, 0.15) is 48.0 Å². The number of hydrogen-bond acceptors (Lipinski definition) is 3. The molecule has 0 saturated heterocycles. The predicted molar refractivity (Wildman–Crippen MR) is 108 cm³/mol. The van der Waals surface area contributed by atoms with Crippen molar-refractivity contribution < 1.29 is 14.3 Å². The molecule has 7 heteroatoms. The minimum Gasteiger partial charge on any atom is -0.489 e. The van der Waals surface area contributed by atoms with Gasteiger partial charge in [0.15, 0.2) is 0 Å². The fourth-order valence-corrected chi connectivity index (χ4v) is 3.42. The fraction of sp³-hybridized carbons (Fsp3) is 0.333. The van der Waals surface area contributed by atoms with E-state index in [1.807, 2.05) is 30.3 Å². The Morgan fingerprint density at radius 1 is 1.00 bits per heavy atom. The number of hydrazine groups is 1. The Bertz CT molecular complexity index is 808. The van der Waals surface area contributed by atoms with Gasteiger partial charge in [0.1, 0.15) is 12.4 Å². The highest BCUT2D eigenvalue weighted by molar-refractivity contribution is 6.34. The number of ether oxygens (including phenoxy) is 1. The Hall–Kier alpha value is -2.73. The van der Waals surface area contributed by atoms with E-state index < -0.39 is 11.9 Å². The number of benzene rings is 2. The number of nitrogens with one attached hydrogen (secondary N) is 3. The van der Waals surface area contributed by atoms with E-state index in [2.05, 4.69) is 16.2 Å². The van der Waals surface area contributed by atoms with E-state index in [9.17, 15) is 9.59 Å². The van der Waals surface area contributed by atoms with E-state index in [0.717, 1.165) is 31.2 Å². The van der Waals surface area contributed by atoms with Gasteiger partial charge >= 0.3 is 6.03 Å². The molecule has 0 unspecified atom stereocenters. The van der Waals surface area contributed by atoms with Crippen LogP contribution in [0.25, 0.3) is 0 Å². The molecule has 3 N–H and O–H groups in total. The largest absolute Gasteiger partial charge is 0.489 e. The molecule has 0 aromatic heterocycles. The number of halogens is 1. The first-order valence-electron chi connectivity index (χ1n) is 9.45. The lowest BCUT2D eigenvalue weighted by atomic mass is 9.96. The predicted octanol–water partition coefficient (Wildman–Crippen LogP) is 4.20. The second kappa shape index (κ2) is 9.99. The highest BCUT2D eigenvalue weighted by Gasteiger charge is 2.17. The Kier molecular flexibility index (Phi) is 7.14. The van der Waals surface area contributed by atoms with Crippen molar-refractivity contribution in [3.8, 4) is 5.75 Å². The van der Waals surface area contributed by atoms with Crippen LogP contribution in [0.3, 0.4) is 0 Å². The first-order valence-corrected chi connectivity index (χ1v) is 9.83. The molecule has 3 amide bonds. The first kappa shape index (κ1) is 20.0. The normalized spacial score (nSPS) is 14.2. The lowest BCUT2D eigenvalue weighted by Crippen LogP contribution is -2.50. The second-order valence-corrected chi connectivity index (χ2v) is 7.21. The molecule has 148 valence electrons. The van der Waals surface area contributed by atoms with Gasteiger partial charge in [0.2, 0.25) is 0 Å². The van der Waals surface area contributed by atoms with E-state index in [-0.39, 0.29) is 16.6 Å². The van der Waals surface area contributed by atoms with Crippen LogP contribution in [-0.2, 0) is 6.61 Å². The third kappa shape index (κ3) is 5.89. The zero-order valence-electron chi connectivity index (χ0n) is 15.5. The number of carbonyl (C=O) groups excluding carboxylic acids is 2. The maximum Gasteiger partial charge on any atom is 0.333 e. The van der Waals surface area contributed by atoms with E-state index in [1.54, 1.807) is 18.2 Å². The van der Waals surface area contributed by atoms with Crippen LogP contribution in [-0.4, -0.2) is 18.0 Å². The van der Waals surface area contributed by atoms with Crippen LogP contribution in [0.4, 0.5) is 4.79 Å². The fourth-order valence-electron chi connectivity index (χ4n) is 3.16. The maximum absolute atomic E-state index is 12.3. The van der Waals surface area contributed by atoms with Gasteiger partial charge in [0.25, 0.3) is 5.91 Å². The number of amides is 3. The summed E-state index contributed by atoms with van der Waals surface area (Å²) in [6.45, 7) is 0.408. The summed E-state index contributed by atoms with van der Waals surface area (Å²) in [6, 6.07) is 14.3. The van der Waals surface area contributed by atoms with Gasteiger partial charge in [-0.15, -0.1) is 0 Å². The molecule has 1 fully saturated rings. The van der Waals surface area contributed by atoms with Gasteiger partial charge in [-0.3, -0.25) is 10.2 Å². The molecule has 3 rings (SSSR count). The van der Waals surface area contributed by atoms with Crippen LogP contribution in [0, 0.1) is 0 Å². The van der Waals surface area contributed by atoms with Crippen LogP contribution < -0.4 is 20.9 Å². The van der Waals surface area contributed by atoms with E-state index in [4.69, 9.17) is 16.3 Å². The first-order chi connectivity index (χ1) is 13.6. The van der Waals surface area contributed by atoms with Gasteiger partial charge in [-0.2, -0.15) is 0 Å². The van der Waals surface area contributed by atoms with Gasteiger partial charge in [0.05, 0.1) is 10.6 Å². The summed E-state index contributed by atoms with van der Waals surface area (Å²) in [5.74, 6) is 0.0757. The molecule has 28 heavy (non-hydrogen) atoms. The number of carbonyl (C=O) groups is 2. The van der Waals surface area contributed by atoms with E-state index >= 15 is 0 Å². The minimum atomic E-state index is -0.488. The van der Waals surface area contributed by atoms with E-state index in [0.29, 0.717) is 12.4 Å². The van der Waals surface area contributed by atoms with Crippen molar-refractivity contribution in [2.45, 2.75) is 44.8 Å². The van der Waals surface area contributed by atoms with Crippen molar-refractivity contribution in [2.24, 2.45) is 0 Å². The van der Waals surface area contributed by atoms with Crippen molar-refractivity contribution >= 4 is 23.5 Å². The van der Waals surface area contributed by atoms with Gasteiger partial charge < -0.3 is 10.1 Å². The molecule has 0 spiro atoms. The van der Waals surface area contributed by atoms with Crippen molar-refractivity contribution in [3.63, 3.8) is 0 Å². The topological polar surface area (TPSA) is 79.5 Å². The summed E-state index contributed by atoms with van der Waals surface area (Å²) < 4.78 is 5.69. The van der Waals surface area contributed by atoms with Crippen LogP contribution in [0.2, 0.25) is 5.02 Å². The molecule has 0 aliphatic heterocycles. The summed E-state index contributed by atoms with van der Waals surface area (Å²) in [5.41, 5.74) is 6.05. The van der Waals surface area contributed by atoms with Gasteiger partial charge in [-0.05, 0) is 36.6 Å². The van der Waals surface area contributed by atoms with Gasteiger partial charge in [-0.25, -0.2) is 10.2 Å². The number of rotatable bonds is 5. The SMILES string of the molecule is O=C(NNC(=O)c1ccc(OCc2ccccc2)cc1Cl)NC1CCCCC1. The average molecular weight is 402 g/mol. The molecular formula is C21H24ClN3O3. The highest BCUT2D eigenvalue weighted by atomic mass is 35.5. The Morgan fingerprint density at radius 2 is 1.75 bits per heavy atom. The third-order valence-corrected chi connectivity index (χ3v) is 4.98. The van der Waals surface area contributed by atoms with Crippen molar-refractivity contribution in [1.29, 1.82) is 0 Å². The average Bonchev–Trinajstić information content (AvgIpc) is 2.72. The molecule has 2 aromatic rings. The second-order valence-electron chi connectivity index (χ2n) is 6.80. The molecule has 0 bridgehead atoms. The zero-order valence-corrected chi connectivity index (χ0v) is 16.3. The van der Waals surface area contributed by atoms with E-state index in [1.165, 1.54) is 6.42 Å². The van der Waals surface area contributed by atoms with Crippen LogP contribution in [0.5, 0.6) is 5.75 Å². The molecule has 1 saturated carbocycles. The molecule has 0 radical (unpaired) electrons. The maximum atomic E-state index is 12.3. The quantitative estimate of drug-likeness (QED) is 0.657. The summed E-state index contributed by atoms with van der Waals surface area (Å²) in [5, 5.41) is 3.11.